The number of carbonyl (C=O) groups is 1. The van der Waals surface area contributed by atoms with E-state index in [-0.39, 0.29) is 12.0 Å². The second-order valence-electron chi connectivity index (χ2n) is 7.89. The minimum Gasteiger partial charge on any atom is -0.383 e. The lowest BCUT2D eigenvalue weighted by molar-refractivity contribution is -0.216. The summed E-state index contributed by atoms with van der Waals surface area (Å²) in [7, 11) is 1.69. The first kappa shape index (κ1) is 16.2. The van der Waals surface area contributed by atoms with E-state index in [1.807, 2.05) is 0 Å². The molecule has 2 saturated carbocycles. The van der Waals surface area contributed by atoms with Gasteiger partial charge in [0.15, 0.2) is 4.80 Å². The molecular weight excluding hydrogens is 340 g/mol. The highest BCUT2D eigenvalue weighted by Gasteiger charge is 2.56. The molecule has 1 aromatic heterocycles. The van der Waals surface area contributed by atoms with Gasteiger partial charge in [0.05, 0.1) is 36.5 Å². The standard InChI is InChI=1S/C18H24N2O4S/c1-22-3-2-20-14-9-23-10-15(14)25-17(20)19-16(21)18-7-11-4-12(8-18)6-13(5-11)24-18/h11-13H,2-10H2,1H3/b19-17-. The number of amides is 1. The van der Waals surface area contributed by atoms with Crippen molar-refractivity contribution in [3.63, 3.8) is 0 Å². The zero-order chi connectivity index (χ0) is 17.0. The van der Waals surface area contributed by atoms with Crippen molar-refractivity contribution in [2.75, 3.05) is 13.7 Å². The lowest BCUT2D eigenvalue weighted by Gasteiger charge is -2.54. The molecule has 4 fully saturated rings. The van der Waals surface area contributed by atoms with Crippen LogP contribution in [0.5, 0.6) is 0 Å². The Morgan fingerprint density at radius 2 is 2.12 bits per heavy atom. The molecule has 5 aliphatic rings. The summed E-state index contributed by atoms with van der Waals surface area (Å²) in [6.07, 6.45) is 5.51. The molecule has 1 amide bonds. The maximum absolute atomic E-state index is 13.2. The first-order valence-electron chi connectivity index (χ1n) is 9.22. The molecule has 136 valence electrons. The molecule has 6 rings (SSSR count). The molecule has 0 spiro atoms. The minimum atomic E-state index is -0.654. The summed E-state index contributed by atoms with van der Waals surface area (Å²) in [4.78, 5) is 19.7. The minimum absolute atomic E-state index is 0.0707. The van der Waals surface area contributed by atoms with Crippen LogP contribution in [0, 0.1) is 11.8 Å². The summed E-state index contributed by atoms with van der Waals surface area (Å²) in [6.45, 7) is 2.50. The molecule has 7 heteroatoms. The SMILES string of the molecule is COCCn1c2c(s/c1=N\C(=O)C13CC4CC(CC(C4)O1)C3)COC2. The quantitative estimate of drug-likeness (QED) is 0.820. The third kappa shape index (κ3) is 2.63. The summed E-state index contributed by atoms with van der Waals surface area (Å²) >= 11 is 1.57. The number of fused-ring (bicyclic) bond motifs is 1. The molecule has 2 saturated heterocycles. The Balaban J connectivity index is 1.49. The van der Waals surface area contributed by atoms with Crippen molar-refractivity contribution in [1.82, 2.24) is 4.57 Å². The summed E-state index contributed by atoms with van der Waals surface area (Å²) in [5, 5.41) is 0. The van der Waals surface area contributed by atoms with Crippen LogP contribution in [0.25, 0.3) is 0 Å². The van der Waals surface area contributed by atoms with Crippen molar-refractivity contribution < 1.29 is 19.0 Å². The van der Waals surface area contributed by atoms with Gasteiger partial charge in [-0.1, -0.05) is 11.3 Å². The van der Waals surface area contributed by atoms with Crippen LogP contribution in [0.4, 0.5) is 0 Å². The number of methoxy groups -OCH3 is 1. The van der Waals surface area contributed by atoms with Crippen LogP contribution in [0.3, 0.4) is 0 Å². The van der Waals surface area contributed by atoms with Crippen molar-refractivity contribution >= 4 is 17.2 Å². The molecule has 4 bridgehead atoms. The van der Waals surface area contributed by atoms with Crippen molar-refractivity contribution in [3.8, 4) is 0 Å². The fourth-order valence-electron chi connectivity index (χ4n) is 5.28. The van der Waals surface area contributed by atoms with E-state index in [9.17, 15) is 4.79 Å². The zero-order valence-electron chi connectivity index (χ0n) is 14.5. The van der Waals surface area contributed by atoms with Crippen LogP contribution in [-0.4, -0.2) is 35.9 Å². The maximum atomic E-state index is 13.2. The van der Waals surface area contributed by atoms with Gasteiger partial charge in [-0.2, -0.15) is 4.99 Å². The zero-order valence-corrected chi connectivity index (χ0v) is 15.3. The molecule has 3 aliphatic heterocycles. The monoisotopic (exact) mass is 364 g/mol. The topological polar surface area (TPSA) is 62.1 Å². The van der Waals surface area contributed by atoms with Gasteiger partial charge in [-0.05, 0) is 43.9 Å². The van der Waals surface area contributed by atoms with Gasteiger partial charge in [0.2, 0.25) is 0 Å². The third-order valence-corrected chi connectivity index (χ3v) is 7.25. The van der Waals surface area contributed by atoms with Gasteiger partial charge in [0.1, 0.15) is 5.60 Å². The largest absolute Gasteiger partial charge is 0.383 e. The van der Waals surface area contributed by atoms with E-state index in [0.29, 0.717) is 38.2 Å². The second kappa shape index (κ2) is 6.01. The van der Waals surface area contributed by atoms with Crippen molar-refractivity contribution in [1.29, 1.82) is 0 Å². The molecule has 0 aromatic carbocycles. The average Bonchev–Trinajstić information content (AvgIpc) is 3.13. The highest BCUT2D eigenvalue weighted by Crippen LogP contribution is 2.53. The molecule has 1 aromatic rings. The molecule has 2 aliphatic carbocycles. The van der Waals surface area contributed by atoms with E-state index in [2.05, 4.69) is 9.56 Å². The summed E-state index contributed by atoms with van der Waals surface area (Å²) in [5.41, 5.74) is 0.485. The number of ether oxygens (including phenoxy) is 3. The first-order chi connectivity index (χ1) is 12.2. The second-order valence-corrected chi connectivity index (χ2v) is 8.95. The molecule has 2 unspecified atom stereocenters. The molecule has 6 nitrogen and oxygen atoms in total. The maximum Gasteiger partial charge on any atom is 0.280 e. The van der Waals surface area contributed by atoms with E-state index in [0.717, 1.165) is 36.2 Å². The summed E-state index contributed by atoms with van der Waals surface area (Å²) < 4.78 is 19.1. The van der Waals surface area contributed by atoms with Gasteiger partial charge in [0.25, 0.3) is 5.91 Å². The van der Waals surface area contributed by atoms with Crippen LogP contribution in [0.2, 0.25) is 0 Å². The molecule has 0 N–H and O–H groups in total. The third-order valence-electron chi connectivity index (χ3n) is 6.16. The van der Waals surface area contributed by atoms with Crippen molar-refractivity contribution in [3.05, 3.63) is 15.4 Å². The van der Waals surface area contributed by atoms with Crippen LogP contribution in [0.15, 0.2) is 4.99 Å². The van der Waals surface area contributed by atoms with Gasteiger partial charge in [-0.15, -0.1) is 0 Å². The molecule has 25 heavy (non-hydrogen) atoms. The first-order valence-corrected chi connectivity index (χ1v) is 10.0. The van der Waals surface area contributed by atoms with Crippen LogP contribution in [-0.2, 0) is 38.8 Å². The van der Waals surface area contributed by atoms with Gasteiger partial charge < -0.3 is 18.8 Å². The van der Waals surface area contributed by atoms with Crippen LogP contribution in [0.1, 0.15) is 42.7 Å². The number of rotatable bonds is 4. The number of hydrogen-bond donors (Lipinski definition) is 0. The van der Waals surface area contributed by atoms with Crippen molar-refractivity contribution in [2.45, 2.75) is 63.6 Å². The van der Waals surface area contributed by atoms with E-state index in [1.54, 1.807) is 18.4 Å². The molecule has 4 heterocycles. The smallest absolute Gasteiger partial charge is 0.280 e. The predicted molar refractivity (Wildman–Crippen MR) is 90.9 cm³/mol. The molecule has 2 atom stereocenters. The Morgan fingerprint density at radius 1 is 1.32 bits per heavy atom. The van der Waals surface area contributed by atoms with E-state index in [1.165, 1.54) is 11.3 Å². The normalized spacial score (nSPS) is 36.2. The summed E-state index contributed by atoms with van der Waals surface area (Å²) in [5.74, 6) is 1.22. The van der Waals surface area contributed by atoms with E-state index in [4.69, 9.17) is 14.2 Å². The summed E-state index contributed by atoms with van der Waals surface area (Å²) in [6, 6.07) is 0. The Morgan fingerprint density at radius 3 is 2.84 bits per heavy atom. The van der Waals surface area contributed by atoms with Crippen LogP contribution >= 0.6 is 11.3 Å². The fraction of sp³-hybridized carbons (Fsp3) is 0.778. The lowest BCUT2D eigenvalue weighted by Crippen LogP contribution is -2.58. The number of nitrogens with zero attached hydrogens (tertiary/aromatic N) is 2. The molecular formula is C18H24N2O4S. The Kier molecular flexibility index (Phi) is 3.89. The number of carbonyl (C=O) groups excluding carboxylic acids is 1. The van der Waals surface area contributed by atoms with Crippen molar-refractivity contribution in [2.24, 2.45) is 16.8 Å². The highest BCUT2D eigenvalue weighted by atomic mass is 32.1. The molecule has 0 radical (unpaired) electrons. The Hall–Kier alpha value is -1.02. The number of thiazole rings is 1. The Labute approximate surface area is 150 Å². The van der Waals surface area contributed by atoms with E-state index >= 15 is 0 Å². The van der Waals surface area contributed by atoms with Gasteiger partial charge in [-0.3, -0.25) is 4.79 Å². The van der Waals surface area contributed by atoms with Gasteiger partial charge in [-0.25, -0.2) is 0 Å². The van der Waals surface area contributed by atoms with Gasteiger partial charge in [0, 0.05) is 13.7 Å². The average molecular weight is 364 g/mol. The highest BCUT2D eigenvalue weighted by molar-refractivity contribution is 7.09. The number of aromatic nitrogens is 1. The number of hydrogen-bond acceptors (Lipinski definition) is 5. The predicted octanol–water partition coefficient (Wildman–Crippen LogP) is 2.00. The van der Waals surface area contributed by atoms with Crippen LogP contribution < -0.4 is 4.80 Å². The Bertz CT molecular complexity index is 730. The lowest BCUT2D eigenvalue weighted by atomic mass is 9.62. The van der Waals surface area contributed by atoms with Gasteiger partial charge >= 0.3 is 0 Å². The fourth-order valence-corrected chi connectivity index (χ4v) is 6.37. The van der Waals surface area contributed by atoms with E-state index < -0.39 is 5.60 Å².